The van der Waals surface area contributed by atoms with Gasteiger partial charge in [0.1, 0.15) is 5.82 Å². The fourth-order valence-electron chi connectivity index (χ4n) is 1.65. The lowest BCUT2D eigenvalue weighted by molar-refractivity contribution is 0.204. The van der Waals surface area contributed by atoms with Crippen molar-refractivity contribution in [2.75, 3.05) is 30.7 Å². The summed E-state index contributed by atoms with van der Waals surface area (Å²) in [6, 6.07) is 8.49. The van der Waals surface area contributed by atoms with Crippen molar-refractivity contribution in [1.82, 2.24) is 14.5 Å². The molecule has 0 aliphatic rings. The van der Waals surface area contributed by atoms with Gasteiger partial charge < -0.3 is 10.5 Å². The molecule has 4 N–H and O–H groups in total. The number of anilines is 2. The first-order valence-electron chi connectivity index (χ1n) is 6.18. The molecule has 0 atom stereocenters. The monoisotopic (exact) mass is 311 g/mol. The van der Waals surface area contributed by atoms with Gasteiger partial charge >= 0.3 is 0 Å². The molecule has 1 heterocycles. The predicted octanol–water partition coefficient (Wildman–Crippen LogP) is 0.347. The molecule has 114 valence electrons. The highest BCUT2D eigenvalue weighted by Crippen LogP contribution is 2.16. The molecule has 0 saturated heterocycles. The van der Waals surface area contributed by atoms with Gasteiger partial charge in [-0.25, -0.2) is 4.68 Å². The molecule has 2 aromatic rings. The van der Waals surface area contributed by atoms with Crippen molar-refractivity contribution in [3.05, 3.63) is 36.5 Å². The van der Waals surface area contributed by atoms with Crippen LogP contribution in [0.4, 0.5) is 11.5 Å². The van der Waals surface area contributed by atoms with Gasteiger partial charge in [-0.2, -0.15) is 18.2 Å². The molecule has 0 amide bonds. The van der Waals surface area contributed by atoms with Gasteiger partial charge in [0.25, 0.3) is 10.2 Å². The lowest BCUT2D eigenvalue weighted by atomic mass is 10.3. The van der Waals surface area contributed by atoms with E-state index in [0.717, 1.165) is 0 Å². The Labute approximate surface area is 123 Å². The Morgan fingerprint density at radius 2 is 2.00 bits per heavy atom. The average molecular weight is 311 g/mol. The number of nitrogens with zero attached hydrogens (tertiary/aromatic N) is 2. The zero-order valence-corrected chi connectivity index (χ0v) is 12.3. The van der Waals surface area contributed by atoms with Crippen molar-refractivity contribution in [3.8, 4) is 5.69 Å². The summed E-state index contributed by atoms with van der Waals surface area (Å²) < 4.78 is 34.8. The summed E-state index contributed by atoms with van der Waals surface area (Å²) in [6.07, 6.45) is 1.50. The Bertz CT molecular complexity index is 681. The van der Waals surface area contributed by atoms with Gasteiger partial charge in [0.05, 0.1) is 18.5 Å². The SMILES string of the molecule is COCCNS(=O)(=O)Nc1ccnn1-c1ccc(N)cc1. The van der Waals surface area contributed by atoms with Crippen LogP contribution < -0.4 is 15.2 Å². The Balaban J connectivity index is 2.15. The van der Waals surface area contributed by atoms with Crippen LogP contribution in [0, 0.1) is 0 Å². The second kappa shape index (κ2) is 6.57. The van der Waals surface area contributed by atoms with E-state index in [4.69, 9.17) is 10.5 Å². The number of benzene rings is 1. The van der Waals surface area contributed by atoms with Crippen LogP contribution in [0.5, 0.6) is 0 Å². The van der Waals surface area contributed by atoms with Crippen LogP contribution in [0.1, 0.15) is 0 Å². The predicted molar refractivity (Wildman–Crippen MR) is 80.4 cm³/mol. The Morgan fingerprint density at radius 3 is 2.67 bits per heavy atom. The third kappa shape index (κ3) is 4.18. The normalized spacial score (nSPS) is 11.5. The molecule has 9 heteroatoms. The van der Waals surface area contributed by atoms with E-state index in [2.05, 4.69) is 14.5 Å². The molecule has 0 aliphatic carbocycles. The summed E-state index contributed by atoms with van der Waals surface area (Å²) in [5.41, 5.74) is 6.94. The van der Waals surface area contributed by atoms with E-state index in [1.807, 2.05) is 0 Å². The highest BCUT2D eigenvalue weighted by molar-refractivity contribution is 7.90. The molecule has 2 rings (SSSR count). The third-order valence-corrected chi connectivity index (χ3v) is 3.68. The van der Waals surface area contributed by atoms with Gasteiger partial charge in [-0.05, 0) is 24.3 Å². The maximum Gasteiger partial charge on any atom is 0.300 e. The van der Waals surface area contributed by atoms with E-state index >= 15 is 0 Å². The number of hydrogen-bond donors (Lipinski definition) is 3. The first-order chi connectivity index (χ1) is 10.0. The van der Waals surface area contributed by atoms with Crippen molar-refractivity contribution < 1.29 is 13.2 Å². The fraction of sp³-hybridized carbons (Fsp3) is 0.250. The molecule has 0 aliphatic heterocycles. The lowest BCUT2D eigenvalue weighted by Gasteiger charge is -2.11. The van der Waals surface area contributed by atoms with Crippen LogP contribution in [-0.2, 0) is 14.9 Å². The standard InChI is InChI=1S/C12H17N5O3S/c1-20-9-8-15-21(18,19)16-12-6-7-14-17(12)11-4-2-10(13)3-5-11/h2-7,15-16H,8-9,13H2,1H3. The Hall–Kier alpha value is -2.10. The van der Waals surface area contributed by atoms with Crippen molar-refractivity contribution in [2.45, 2.75) is 0 Å². The van der Waals surface area contributed by atoms with E-state index < -0.39 is 10.2 Å². The van der Waals surface area contributed by atoms with Gasteiger partial charge in [0.2, 0.25) is 0 Å². The smallest absolute Gasteiger partial charge is 0.300 e. The fourth-order valence-corrected chi connectivity index (χ4v) is 2.51. The van der Waals surface area contributed by atoms with E-state index in [0.29, 0.717) is 17.2 Å². The Morgan fingerprint density at radius 1 is 1.29 bits per heavy atom. The van der Waals surface area contributed by atoms with E-state index in [1.165, 1.54) is 18.0 Å². The summed E-state index contributed by atoms with van der Waals surface area (Å²) in [5, 5.41) is 4.09. The van der Waals surface area contributed by atoms with Gasteiger partial charge in [0, 0.05) is 25.4 Å². The van der Waals surface area contributed by atoms with Crippen molar-refractivity contribution in [1.29, 1.82) is 0 Å². The van der Waals surface area contributed by atoms with Crippen LogP contribution in [0.25, 0.3) is 5.69 Å². The van der Waals surface area contributed by atoms with Gasteiger partial charge in [0.15, 0.2) is 0 Å². The minimum atomic E-state index is -3.68. The highest BCUT2D eigenvalue weighted by atomic mass is 32.2. The van der Waals surface area contributed by atoms with E-state index in [1.54, 1.807) is 30.3 Å². The zero-order chi connectivity index (χ0) is 15.3. The number of ether oxygens (including phenoxy) is 1. The summed E-state index contributed by atoms with van der Waals surface area (Å²) >= 11 is 0. The average Bonchev–Trinajstić information content (AvgIpc) is 2.87. The second-order valence-electron chi connectivity index (χ2n) is 4.21. The maximum absolute atomic E-state index is 11.9. The van der Waals surface area contributed by atoms with Crippen LogP contribution >= 0.6 is 0 Å². The van der Waals surface area contributed by atoms with Crippen molar-refractivity contribution >= 4 is 21.7 Å². The van der Waals surface area contributed by atoms with Crippen LogP contribution in [0.3, 0.4) is 0 Å². The summed E-state index contributed by atoms with van der Waals surface area (Å²) in [7, 11) is -2.18. The molecule has 21 heavy (non-hydrogen) atoms. The molecule has 1 aromatic carbocycles. The largest absolute Gasteiger partial charge is 0.399 e. The minimum Gasteiger partial charge on any atom is -0.399 e. The summed E-state index contributed by atoms with van der Waals surface area (Å²) in [4.78, 5) is 0. The minimum absolute atomic E-state index is 0.182. The molecule has 0 saturated carbocycles. The molecule has 0 unspecified atom stereocenters. The molecule has 8 nitrogen and oxygen atoms in total. The van der Waals surface area contributed by atoms with E-state index in [-0.39, 0.29) is 13.2 Å². The number of nitrogen functional groups attached to an aromatic ring is 1. The van der Waals surface area contributed by atoms with Crippen molar-refractivity contribution in [3.63, 3.8) is 0 Å². The van der Waals surface area contributed by atoms with Crippen LogP contribution in [0.15, 0.2) is 36.5 Å². The number of rotatable bonds is 7. The number of aromatic nitrogens is 2. The summed E-state index contributed by atoms with van der Waals surface area (Å²) in [6.45, 7) is 0.472. The highest BCUT2D eigenvalue weighted by Gasteiger charge is 2.13. The van der Waals surface area contributed by atoms with Gasteiger partial charge in [-0.3, -0.25) is 4.72 Å². The maximum atomic E-state index is 11.9. The van der Waals surface area contributed by atoms with E-state index in [9.17, 15) is 8.42 Å². The number of nitrogens with two attached hydrogens (primary N) is 1. The molecule has 0 fully saturated rings. The van der Waals surface area contributed by atoms with Crippen molar-refractivity contribution in [2.24, 2.45) is 0 Å². The molecule has 0 spiro atoms. The lowest BCUT2D eigenvalue weighted by Crippen LogP contribution is -2.33. The van der Waals surface area contributed by atoms with Crippen LogP contribution in [0.2, 0.25) is 0 Å². The molecular weight excluding hydrogens is 294 g/mol. The second-order valence-corrected chi connectivity index (χ2v) is 5.71. The molecule has 0 bridgehead atoms. The topological polar surface area (TPSA) is 111 Å². The Kier molecular flexibility index (Phi) is 4.78. The number of nitrogens with one attached hydrogen (secondary N) is 2. The molecule has 0 radical (unpaired) electrons. The van der Waals surface area contributed by atoms with Gasteiger partial charge in [-0.1, -0.05) is 0 Å². The first kappa shape index (κ1) is 15.3. The zero-order valence-electron chi connectivity index (χ0n) is 11.5. The number of hydrogen-bond acceptors (Lipinski definition) is 5. The molecule has 1 aromatic heterocycles. The molecular formula is C12H17N5O3S. The van der Waals surface area contributed by atoms with Gasteiger partial charge in [-0.15, -0.1) is 0 Å². The first-order valence-corrected chi connectivity index (χ1v) is 7.66. The quantitative estimate of drug-likeness (QED) is 0.504. The third-order valence-electron chi connectivity index (χ3n) is 2.62. The van der Waals surface area contributed by atoms with Crippen LogP contribution in [-0.4, -0.2) is 38.5 Å². The summed E-state index contributed by atoms with van der Waals surface area (Å²) in [5.74, 6) is 0.324. The number of methoxy groups -OCH3 is 1.